The number of fused-ring (bicyclic) bond motifs is 1. The van der Waals surface area contributed by atoms with E-state index >= 15 is 0 Å². The van der Waals surface area contributed by atoms with E-state index in [1.165, 1.54) is 0 Å². The van der Waals surface area contributed by atoms with Crippen molar-refractivity contribution in [3.63, 3.8) is 0 Å². The maximum absolute atomic E-state index is 12.6. The Morgan fingerprint density at radius 1 is 1.12 bits per heavy atom. The smallest absolute Gasteiger partial charge is 0.252 e. The number of benzene rings is 1. The Kier molecular flexibility index (Phi) is 4.79. The van der Waals surface area contributed by atoms with E-state index in [4.69, 9.17) is 0 Å². The van der Waals surface area contributed by atoms with Gasteiger partial charge in [0.25, 0.3) is 5.78 Å². The fourth-order valence-electron chi connectivity index (χ4n) is 2.87. The summed E-state index contributed by atoms with van der Waals surface area (Å²) in [5.41, 5.74) is 3.20. The van der Waals surface area contributed by atoms with Crippen molar-refractivity contribution in [1.29, 1.82) is 0 Å². The number of para-hydroxylation sites is 1. The molecular weight excluding hydrogens is 314 g/mol. The van der Waals surface area contributed by atoms with Crippen molar-refractivity contribution in [3.05, 3.63) is 53.6 Å². The standard InChI is InChI=1S/C19H23N5O/c1-12(2)14-7-5-8-15(13(3)4)18(14)22-17(25)11-16-21-19-20-9-6-10-24(19)23-16/h5-10,12-13H,11H2,1-4H3,(H,22,25). The maximum atomic E-state index is 12.6. The summed E-state index contributed by atoms with van der Waals surface area (Å²) in [5, 5.41) is 7.38. The molecule has 0 saturated heterocycles. The number of hydrogen-bond acceptors (Lipinski definition) is 4. The molecule has 0 aliphatic carbocycles. The summed E-state index contributed by atoms with van der Waals surface area (Å²) in [6, 6.07) is 7.97. The minimum Gasteiger partial charge on any atom is -0.325 e. The van der Waals surface area contributed by atoms with Crippen LogP contribution in [0, 0.1) is 0 Å². The normalized spacial score (nSPS) is 11.4. The van der Waals surface area contributed by atoms with E-state index in [2.05, 4.69) is 66.3 Å². The third-order valence-corrected chi connectivity index (χ3v) is 4.12. The van der Waals surface area contributed by atoms with Crippen LogP contribution in [0.4, 0.5) is 5.69 Å². The summed E-state index contributed by atoms with van der Waals surface area (Å²) in [5.74, 6) is 1.49. The molecule has 130 valence electrons. The zero-order chi connectivity index (χ0) is 18.0. The van der Waals surface area contributed by atoms with Crippen LogP contribution in [0.15, 0.2) is 36.7 Å². The Balaban J connectivity index is 1.85. The van der Waals surface area contributed by atoms with Crippen LogP contribution in [0.3, 0.4) is 0 Å². The molecule has 0 saturated carbocycles. The van der Waals surface area contributed by atoms with E-state index in [1.54, 1.807) is 23.0 Å². The predicted octanol–water partition coefficient (Wildman–Crippen LogP) is 3.55. The summed E-state index contributed by atoms with van der Waals surface area (Å²) in [7, 11) is 0. The molecule has 2 heterocycles. The van der Waals surface area contributed by atoms with E-state index in [0.29, 0.717) is 23.4 Å². The van der Waals surface area contributed by atoms with Crippen molar-refractivity contribution in [2.75, 3.05) is 5.32 Å². The molecule has 0 spiro atoms. The van der Waals surface area contributed by atoms with Gasteiger partial charge >= 0.3 is 0 Å². The molecule has 0 aliphatic heterocycles. The van der Waals surface area contributed by atoms with Gasteiger partial charge in [0.2, 0.25) is 5.91 Å². The summed E-state index contributed by atoms with van der Waals surface area (Å²) in [6.45, 7) is 8.52. The van der Waals surface area contributed by atoms with Crippen LogP contribution in [0.25, 0.3) is 5.78 Å². The molecule has 0 aliphatic rings. The first-order valence-corrected chi connectivity index (χ1v) is 8.54. The van der Waals surface area contributed by atoms with Crippen LogP contribution in [0.2, 0.25) is 0 Å². The van der Waals surface area contributed by atoms with Crippen LogP contribution >= 0.6 is 0 Å². The Morgan fingerprint density at radius 2 is 1.80 bits per heavy atom. The van der Waals surface area contributed by atoms with Gasteiger partial charge in [-0.3, -0.25) is 4.79 Å². The quantitative estimate of drug-likeness (QED) is 0.773. The second-order valence-corrected chi connectivity index (χ2v) is 6.74. The van der Waals surface area contributed by atoms with Gasteiger partial charge in [0.1, 0.15) is 0 Å². The van der Waals surface area contributed by atoms with E-state index in [9.17, 15) is 4.79 Å². The van der Waals surface area contributed by atoms with E-state index < -0.39 is 0 Å². The lowest BCUT2D eigenvalue weighted by Gasteiger charge is -2.20. The van der Waals surface area contributed by atoms with Crippen molar-refractivity contribution in [3.8, 4) is 0 Å². The van der Waals surface area contributed by atoms with Crippen molar-refractivity contribution < 1.29 is 4.79 Å². The Labute approximate surface area is 147 Å². The van der Waals surface area contributed by atoms with Crippen molar-refractivity contribution in [1.82, 2.24) is 19.6 Å². The van der Waals surface area contributed by atoms with Crippen LogP contribution in [-0.4, -0.2) is 25.5 Å². The average Bonchev–Trinajstić information content (AvgIpc) is 2.96. The van der Waals surface area contributed by atoms with Crippen LogP contribution in [0.1, 0.15) is 56.5 Å². The third-order valence-electron chi connectivity index (χ3n) is 4.12. The lowest BCUT2D eigenvalue weighted by molar-refractivity contribution is -0.115. The fraction of sp³-hybridized carbons (Fsp3) is 0.368. The van der Waals surface area contributed by atoms with Crippen LogP contribution in [-0.2, 0) is 11.2 Å². The number of carbonyl (C=O) groups excluding carboxylic acids is 1. The number of nitrogens with one attached hydrogen (secondary N) is 1. The Hall–Kier alpha value is -2.76. The Morgan fingerprint density at radius 3 is 2.40 bits per heavy atom. The van der Waals surface area contributed by atoms with Crippen molar-refractivity contribution in [2.24, 2.45) is 0 Å². The largest absolute Gasteiger partial charge is 0.325 e. The van der Waals surface area contributed by atoms with Gasteiger partial charge < -0.3 is 5.32 Å². The highest BCUT2D eigenvalue weighted by molar-refractivity contribution is 5.93. The van der Waals surface area contributed by atoms with Gasteiger partial charge in [0.15, 0.2) is 5.82 Å². The molecule has 0 bridgehead atoms. The molecule has 0 unspecified atom stereocenters. The minimum absolute atomic E-state index is 0.118. The molecule has 6 heteroatoms. The molecule has 1 aromatic carbocycles. The zero-order valence-electron chi connectivity index (χ0n) is 15.0. The summed E-state index contributed by atoms with van der Waals surface area (Å²) >= 11 is 0. The molecule has 3 rings (SSSR count). The van der Waals surface area contributed by atoms with Gasteiger partial charge in [-0.25, -0.2) is 9.50 Å². The highest BCUT2D eigenvalue weighted by Crippen LogP contribution is 2.32. The predicted molar refractivity (Wildman–Crippen MR) is 97.7 cm³/mol. The van der Waals surface area contributed by atoms with E-state index in [-0.39, 0.29) is 12.3 Å². The molecule has 2 aromatic heterocycles. The zero-order valence-corrected chi connectivity index (χ0v) is 15.0. The van der Waals surface area contributed by atoms with E-state index in [1.807, 2.05) is 0 Å². The number of hydrogen-bond donors (Lipinski definition) is 1. The first kappa shape index (κ1) is 17.1. The first-order chi connectivity index (χ1) is 12.0. The Bertz CT molecular complexity index is 838. The second kappa shape index (κ2) is 7.01. The third kappa shape index (κ3) is 3.68. The molecule has 1 amide bonds. The minimum atomic E-state index is -0.120. The summed E-state index contributed by atoms with van der Waals surface area (Å²) in [6.07, 6.45) is 3.54. The molecule has 1 N–H and O–H groups in total. The van der Waals surface area contributed by atoms with Gasteiger partial charge in [0, 0.05) is 18.1 Å². The summed E-state index contributed by atoms with van der Waals surface area (Å²) < 4.78 is 1.57. The molecule has 25 heavy (non-hydrogen) atoms. The molecule has 0 fully saturated rings. The van der Waals surface area contributed by atoms with Gasteiger partial charge in [-0.05, 0) is 29.0 Å². The number of nitrogens with zero attached hydrogens (tertiary/aromatic N) is 4. The second-order valence-electron chi connectivity index (χ2n) is 6.74. The molecule has 0 atom stereocenters. The number of aromatic nitrogens is 4. The molecule has 0 radical (unpaired) electrons. The SMILES string of the molecule is CC(C)c1cccc(C(C)C)c1NC(=O)Cc1nc2ncccn2n1. The average molecular weight is 337 g/mol. The van der Waals surface area contributed by atoms with Crippen LogP contribution in [0.5, 0.6) is 0 Å². The molecule has 3 aromatic rings. The van der Waals surface area contributed by atoms with E-state index in [0.717, 1.165) is 16.8 Å². The fourth-order valence-corrected chi connectivity index (χ4v) is 2.87. The van der Waals surface area contributed by atoms with Crippen LogP contribution < -0.4 is 5.32 Å². The lowest BCUT2D eigenvalue weighted by Crippen LogP contribution is -2.18. The van der Waals surface area contributed by atoms with Gasteiger partial charge in [-0.15, -0.1) is 5.10 Å². The highest BCUT2D eigenvalue weighted by Gasteiger charge is 2.17. The van der Waals surface area contributed by atoms with Gasteiger partial charge in [-0.1, -0.05) is 45.9 Å². The first-order valence-electron chi connectivity index (χ1n) is 8.54. The lowest BCUT2D eigenvalue weighted by atomic mass is 9.92. The molecule has 6 nitrogen and oxygen atoms in total. The number of amides is 1. The van der Waals surface area contributed by atoms with Gasteiger partial charge in [0.05, 0.1) is 6.42 Å². The maximum Gasteiger partial charge on any atom is 0.252 e. The molecular formula is C19H23N5O. The number of anilines is 1. The number of carbonyl (C=O) groups is 1. The highest BCUT2D eigenvalue weighted by atomic mass is 16.1. The number of rotatable bonds is 5. The van der Waals surface area contributed by atoms with Crippen molar-refractivity contribution in [2.45, 2.75) is 46.0 Å². The monoisotopic (exact) mass is 337 g/mol. The van der Waals surface area contributed by atoms with Crippen molar-refractivity contribution >= 4 is 17.4 Å². The van der Waals surface area contributed by atoms with Gasteiger partial charge in [-0.2, -0.15) is 4.98 Å². The summed E-state index contributed by atoms with van der Waals surface area (Å²) in [4.78, 5) is 21.0. The topological polar surface area (TPSA) is 72.2 Å².